The zero-order valence-corrected chi connectivity index (χ0v) is 16.8. The Hall–Kier alpha value is -3.41. The molecule has 156 valence electrons. The molecule has 8 nitrogen and oxygen atoms in total. The van der Waals surface area contributed by atoms with Gasteiger partial charge in [-0.05, 0) is 17.7 Å². The van der Waals surface area contributed by atoms with Gasteiger partial charge in [-0.2, -0.15) is 10.2 Å². The number of hydrogen-bond donors (Lipinski definition) is 0. The Morgan fingerprint density at radius 1 is 1.33 bits per heavy atom. The van der Waals surface area contributed by atoms with Gasteiger partial charge < -0.3 is 14.5 Å². The second kappa shape index (κ2) is 7.78. The molecule has 1 atom stereocenters. The summed E-state index contributed by atoms with van der Waals surface area (Å²) in [5.41, 5.74) is 0.138. The Bertz CT molecular complexity index is 1090. The summed E-state index contributed by atoms with van der Waals surface area (Å²) in [6, 6.07) is 7.69. The molecule has 1 fully saturated rings. The minimum atomic E-state index is -0.587. The summed E-state index contributed by atoms with van der Waals surface area (Å²) in [6.07, 6.45) is 0. The summed E-state index contributed by atoms with van der Waals surface area (Å²) >= 11 is 0. The van der Waals surface area contributed by atoms with Gasteiger partial charge in [0.25, 0.3) is 0 Å². The van der Waals surface area contributed by atoms with Crippen LogP contribution in [0.4, 0.5) is 10.2 Å². The number of nitrogens with zero attached hydrogens (tertiary/aromatic N) is 5. The maximum atomic E-state index is 13.5. The molecule has 0 aliphatic carbocycles. The highest BCUT2D eigenvalue weighted by Gasteiger charge is 2.37. The number of hydrogen-bond acceptors (Lipinski definition) is 6. The van der Waals surface area contributed by atoms with E-state index in [0.717, 1.165) is 5.82 Å². The third-order valence-corrected chi connectivity index (χ3v) is 5.48. The zero-order valence-electron chi connectivity index (χ0n) is 16.8. The van der Waals surface area contributed by atoms with Crippen LogP contribution in [-0.2, 0) is 17.9 Å². The highest BCUT2D eigenvalue weighted by Crippen LogP contribution is 2.29. The molecule has 1 saturated heterocycles. The molecule has 1 unspecified atom stereocenters. The van der Waals surface area contributed by atoms with Crippen LogP contribution in [0.2, 0.25) is 0 Å². The lowest BCUT2D eigenvalue weighted by Crippen LogP contribution is -2.54. The third-order valence-electron chi connectivity index (χ3n) is 5.48. The summed E-state index contributed by atoms with van der Waals surface area (Å²) in [5.74, 6) is 0.379. The van der Waals surface area contributed by atoms with E-state index in [1.54, 1.807) is 16.7 Å². The molecule has 9 heteroatoms. The molecule has 2 aliphatic rings. The fourth-order valence-corrected chi connectivity index (χ4v) is 3.95. The number of carbonyl (C=O) groups excluding carboxylic acids is 1. The number of carbonyl (C=O) groups is 1. The minimum absolute atomic E-state index is 0.0292. The van der Waals surface area contributed by atoms with Gasteiger partial charge in [-0.25, -0.2) is 9.18 Å². The summed E-state index contributed by atoms with van der Waals surface area (Å²) in [4.78, 5) is 32.8. The average molecular weight is 411 g/mol. The molecule has 1 amide bonds. The second-order valence-electron chi connectivity index (χ2n) is 7.85. The van der Waals surface area contributed by atoms with E-state index in [-0.39, 0.29) is 35.9 Å². The van der Waals surface area contributed by atoms with E-state index in [1.807, 2.05) is 18.7 Å². The average Bonchev–Trinajstić information content (AvgIpc) is 3.11. The molecule has 1 aromatic carbocycles. The molecule has 0 radical (unpaired) electrons. The zero-order chi connectivity index (χ0) is 21.4. The molecule has 0 bridgehead atoms. The number of anilines is 1. The van der Waals surface area contributed by atoms with Crippen molar-refractivity contribution in [2.75, 3.05) is 24.5 Å². The molecule has 3 heterocycles. The number of benzene rings is 1. The lowest BCUT2D eigenvalue weighted by atomic mass is 10.1. The van der Waals surface area contributed by atoms with Crippen molar-refractivity contribution < 1.29 is 13.9 Å². The third kappa shape index (κ3) is 3.61. The maximum Gasteiger partial charge on any atom is 0.352 e. The van der Waals surface area contributed by atoms with Crippen molar-refractivity contribution in [2.45, 2.75) is 33.0 Å². The van der Waals surface area contributed by atoms with Crippen LogP contribution in [0.1, 0.15) is 25.0 Å². The normalized spacial score (nSPS) is 17.5. The lowest BCUT2D eigenvalue weighted by Gasteiger charge is -2.38. The van der Waals surface area contributed by atoms with E-state index in [2.05, 4.69) is 9.88 Å². The number of ether oxygens (including phenoxy) is 1. The monoisotopic (exact) mass is 411 g/mol. The summed E-state index contributed by atoms with van der Waals surface area (Å²) in [5, 5.41) is 8.95. The van der Waals surface area contributed by atoms with Gasteiger partial charge in [0.05, 0.1) is 18.2 Å². The summed E-state index contributed by atoms with van der Waals surface area (Å²) < 4.78 is 20.7. The van der Waals surface area contributed by atoms with Crippen molar-refractivity contribution in [3.63, 3.8) is 0 Å². The first kappa shape index (κ1) is 19.9. The summed E-state index contributed by atoms with van der Waals surface area (Å²) in [6.45, 7) is 6.12. The first-order chi connectivity index (χ1) is 14.4. The van der Waals surface area contributed by atoms with Crippen LogP contribution in [0.5, 0.6) is 5.88 Å². The van der Waals surface area contributed by atoms with Crippen LogP contribution in [0.25, 0.3) is 0 Å². The van der Waals surface area contributed by atoms with Crippen molar-refractivity contribution in [3.8, 4) is 11.9 Å². The van der Waals surface area contributed by atoms with Crippen LogP contribution in [-0.4, -0.2) is 46.0 Å². The number of piperazine rings is 1. The number of rotatable bonds is 4. The minimum Gasteiger partial charge on any atom is -0.473 e. The molecule has 2 aromatic rings. The van der Waals surface area contributed by atoms with Crippen LogP contribution >= 0.6 is 0 Å². The lowest BCUT2D eigenvalue weighted by molar-refractivity contribution is -0.135. The van der Waals surface area contributed by atoms with Gasteiger partial charge in [0.15, 0.2) is 0 Å². The number of aromatic nitrogens is 2. The fraction of sp³-hybridized carbons (Fsp3) is 0.429. The summed E-state index contributed by atoms with van der Waals surface area (Å²) in [7, 11) is 0. The van der Waals surface area contributed by atoms with Crippen molar-refractivity contribution >= 4 is 11.7 Å². The van der Waals surface area contributed by atoms with Crippen LogP contribution in [0.3, 0.4) is 0 Å². The quantitative estimate of drug-likeness (QED) is 0.758. The first-order valence-electron chi connectivity index (χ1n) is 9.86. The van der Waals surface area contributed by atoms with E-state index in [4.69, 9.17) is 10.00 Å². The van der Waals surface area contributed by atoms with Gasteiger partial charge in [-0.15, -0.1) is 0 Å². The smallest absolute Gasteiger partial charge is 0.352 e. The van der Waals surface area contributed by atoms with Gasteiger partial charge in [0.1, 0.15) is 24.3 Å². The van der Waals surface area contributed by atoms with Gasteiger partial charge >= 0.3 is 5.69 Å². The maximum absolute atomic E-state index is 13.5. The standard InChI is InChI=1S/C21H22FN5O3/c1-13(2)20(28)25-5-6-26-16(10-25)11-27-19(26)8-18(24-21(27)29)30-12-14-3-4-17(22)15(7-14)9-23/h3-4,7-8,13,16H,5-6,10-12H2,1-2H3. The molecular weight excluding hydrogens is 389 g/mol. The van der Waals surface area contributed by atoms with E-state index in [1.165, 1.54) is 18.2 Å². The largest absolute Gasteiger partial charge is 0.473 e. The second-order valence-corrected chi connectivity index (χ2v) is 7.85. The van der Waals surface area contributed by atoms with Crippen molar-refractivity contribution in [1.82, 2.24) is 14.5 Å². The number of amides is 1. The molecule has 0 N–H and O–H groups in total. The highest BCUT2D eigenvalue weighted by atomic mass is 19.1. The van der Waals surface area contributed by atoms with Crippen molar-refractivity contribution in [2.24, 2.45) is 5.92 Å². The molecule has 0 spiro atoms. The molecule has 2 aliphatic heterocycles. The first-order valence-corrected chi connectivity index (χ1v) is 9.86. The topological polar surface area (TPSA) is 91.5 Å². The van der Waals surface area contributed by atoms with Gasteiger partial charge in [0, 0.05) is 31.6 Å². The Kier molecular flexibility index (Phi) is 5.16. The fourth-order valence-electron chi connectivity index (χ4n) is 3.95. The van der Waals surface area contributed by atoms with E-state index < -0.39 is 11.5 Å². The number of halogens is 1. The van der Waals surface area contributed by atoms with Crippen molar-refractivity contribution in [1.29, 1.82) is 5.26 Å². The molecule has 4 rings (SSSR count). The highest BCUT2D eigenvalue weighted by molar-refractivity contribution is 5.78. The molecule has 0 saturated carbocycles. The van der Waals surface area contributed by atoms with E-state index in [9.17, 15) is 14.0 Å². The van der Waals surface area contributed by atoms with E-state index >= 15 is 0 Å². The van der Waals surface area contributed by atoms with Gasteiger partial charge in [0.2, 0.25) is 11.8 Å². The predicted octanol–water partition coefficient (Wildman–Crippen LogP) is 1.52. The van der Waals surface area contributed by atoms with Crippen LogP contribution in [0, 0.1) is 23.1 Å². The van der Waals surface area contributed by atoms with Crippen LogP contribution in [0.15, 0.2) is 29.1 Å². The van der Waals surface area contributed by atoms with E-state index in [0.29, 0.717) is 31.7 Å². The number of nitriles is 1. The van der Waals surface area contributed by atoms with Crippen molar-refractivity contribution in [3.05, 3.63) is 51.7 Å². The number of fused-ring (bicyclic) bond motifs is 3. The predicted molar refractivity (Wildman–Crippen MR) is 106 cm³/mol. The Balaban J connectivity index is 1.50. The van der Waals surface area contributed by atoms with Crippen LogP contribution < -0.4 is 15.3 Å². The van der Waals surface area contributed by atoms with Gasteiger partial charge in [-0.1, -0.05) is 19.9 Å². The molecule has 30 heavy (non-hydrogen) atoms. The SMILES string of the molecule is CC(C)C(=O)N1CCN2c3cc(OCc4ccc(F)c(C#N)c4)nc(=O)n3CC2C1. The van der Waals surface area contributed by atoms with Gasteiger partial charge in [-0.3, -0.25) is 9.36 Å². The molecular formula is C21H22FN5O3. The Morgan fingerprint density at radius 2 is 2.13 bits per heavy atom. The Labute approximate surface area is 173 Å². The Morgan fingerprint density at radius 3 is 2.87 bits per heavy atom. The molecule has 1 aromatic heterocycles.